The third-order valence-electron chi connectivity index (χ3n) is 3.97. The number of aromatic amines is 1. The lowest BCUT2D eigenvalue weighted by Crippen LogP contribution is -2.69. The van der Waals surface area contributed by atoms with Gasteiger partial charge in [0.05, 0.1) is 0 Å². The highest BCUT2D eigenvalue weighted by molar-refractivity contribution is 8.01. The summed E-state index contributed by atoms with van der Waals surface area (Å²) in [5.74, 6) is -1.72. The Morgan fingerprint density at radius 2 is 2.37 bits per heavy atom. The molecule has 0 aliphatic carbocycles. The third-order valence-corrected chi connectivity index (χ3v) is 7.40. The standard InChI is InChI=1S/C12H15N6O6PS2/c1-2-24-12(4-25(22)23,27-11-14-16-17-15-11)5-3-26-9-6(13)8(19)18(9)7(5)10(20)21/h6,9H,2-4,13H2,1H3,(H2-,14,15,16,17,20,21,22,23)/p+1/t6-,9-,12?/m1/s1. The topological polar surface area (TPSA) is 185 Å². The van der Waals surface area contributed by atoms with E-state index in [9.17, 15) is 24.2 Å². The van der Waals surface area contributed by atoms with Crippen LogP contribution in [0.5, 0.6) is 0 Å². The molecule has 0 spiro atoms. The molecule has 15 heteroatoms. The Morgan fingerprint density at radius 1 is 1.63 bits per heavy atom. The second-order valence-corrected chi connectivity index (χ2v) is 8.91. The Labute approximate surface area is 162 Å². The van der Waals surface area contributed by atoms with Gasteiger partial charge in [-0.25, -0.2) is 4.79 Å². The smallest absolute Gasteiger partial charge is 0.477 e. The Bertz CT molecular complexity index is 806. The number of β-lactam (4-membered cyclic amide) rings is 1. The van der Waals surface area contributed by atoms with Crippen LogP contribution < -0.4 is 5.73 Å². The van der Waals surface area contributed by atoms with Crippen molar-refractivity contribution in [3.05, 3.63) is 11.3 Å². The van der Waals surface area contributed by atoms with Crippen LogP contribution in [0.25, 0.3) is 0 Å². The first-order valence-corrected chi connectivity index (χ1v) is 10.9. The van der Waals surface area contributed by atoms with Gasteiger partial charge in [-0.2, -0.15) is 10.1 Å². The number of H-pyrrole nitrogens is 1. The third kappa shape index (κ3) is 3.60. The Kier molecular flexibility index (Phi) is 5.84. The van der Waals surface area contributed by atoms with E-state index in [1.165, 1.54) is 11.8 Å². The highest BCUT2D eigenvalue weighted by atomic mass is 32.2. The lowest BCUT2D eigenvalue weighted by atomic mass is 10.0. The number of hydrogen-bond acceptors (Lipinski definition) is 10. The first-order valence-electron chi connectivity index (χ1n) is 7.68. The number of carboxylic acids is 1. The van der Waals surface area contributed by atoms with Crippen molar-refractivity contribution in [2.24, 2.45) is 5.73 Å². The number of aromatic nitrogens is 4. The van der Waals surface area contributed by atoms with Crippen molar-refractivity contribution in [3.63, 3.8) is 0 Å². The van der Waals surface area contributed by atoms with Crippen molar-refractivity contribution in [2.45, 2.75) is 28.4 Å². The van der Waals surface area contributed by atoms with Crippen molar-refractivity contribution in [3.8, 4) is 0 Å². The molecule has 1 aromatic heterocycles. The van der Waals surface area contributed by atoms with Crippen LogP contribution in [0.4, 0.5) is 0 Å². The van der Waals surface area contributed by atoms with Gasteiger partial charge in [-0.15, -0.1) is 22.0 Å². The van der Waals surface area contributed by atoms with E-state index in [1.54, 1.807) is 6.92 Å². The maximum absolute atomic E-state index is 12.2. The van der Waals surface area contributed by atoms with E-state index >= 15 is 0 Å². The minimum Gasteiger partial charge on any atom is -0.477 e. The number of amides is 1. The summed E-state index contributed by atoms with van der Waals surface area (Å²) in [6, 6.07) is -0.785. The zero-order valence-electron chi connectivity index (χ0n) is 13.9. The summed E-state index contributed by atoms with van der Waals surface area (Å²) in [5, 5.41) is 22.7. The van der Waals surface area contributed by atoms with Crippen molar-refractivity contribution < 1.29 is 28.9 Å². The van der Waals surface area contributed by atoms with Gasteiger partial charge in [0.2, 0.25) is 17.2 Å². The van der Waals surface area contributed by atoms with E-state index in [1.807, 2.05) is 0 Å². The number of carbonyl (C=O) groups is 2. The molecule has 0 saturated carbocycles. The number of nitrogens with zero attached hydrogens (tertiary/aromatic N) is 4. The number of ether oxygens (including phenoxy) is 1. The number of carboxylic acid groups (broad SMARTS) is 1. The summed E-state index contributed by atoms with van der Waals surface area (Å²) in [6.45, 7) is 1.78. The number of aliphatic carboxylic acids is 1. The van der Waals surface area contributed by atoms with Crippen LogP contribution in [-0.4, -0.2) is 82.3 Å². The molecule has 3 heterocycles. The summed E-state index contributed by atoms with van der Waals surface area (Å²) in [7, 11) is -2.72. The number of fused-ring (bicyclic) bond motifs is 1. The minimum absolute atomic E-state index is 0.108. The molecule has 1 amide bonds. The molecule has 0 radical (unpaired) electrons. The van der Waals surface area contributed by atoms with Crippen LogP contribution >= 0.6 is 31.6 Å². The number of rotatable bonds is 8. The fraction of sp³-hybridized carbons (Fsp3) is 0.583. The van der Waals surface area contributed by atoms with E-state index in [0.29, 0.717) is 0 Å². The molecule has 2 aliphatic heterocycles. The van der Waals surface area contributed by atoms with Gasteiger partial charge >= 0.3 is 14.0 Å². The fourth-order valence-corrected chi connectivity index (χ4v) is 6.55. The van der Waals surface area contributed by atoms with Crippen LogP contribution in [0.3, 0.4) is 0 Å². The molecule has 3 rings (SSSR count). The van der Waals surface area contributed by atoms with Gasteiger partial charge < -0.3 is 15.6 Å². The number of hydrogen-bond donors (Lipinski definition) is 4. The Hall–Kier alpha value is -1.57. The van der Waals surface area contributed by atoms with Crippen molar-refractivity contribution in [1.82, 2.24) is 25.5 Å². The average Bonchev–Trinajstić information content (AvgIpc) is 3.11. The van der Waals surface area contributed by atoms with Gasteiger partial charge in [-0.05, 0) is 28.5 Å². The monoisotopic (exact) mass is 435 g/mol. The maximum Gasteiger partial charge on any atom is 0.509 e. The minimum atomic E-state index is -2.72. The molecule has 1 aromatic rings. The van der Waals surface area contributed by atoms with Gasteiger partial charge in [0.15, 0.2) is 4.93 Å². The molecular formula is C12H16N6O6PS2+. The van der Waals surface area contributed by atoms with Gasteiger partial charge in [0.1, 0.15) is 17.1 Å². The van der Waals surface area contributed by atoms with Crippen LogP contribution in [0.2, 0.25) is 0 Å². The van der Waals surface area contributed by atoms with Crippen molar-refractivity contribution >= 4 is 43.4 Å². The summed E-state index contributed by atoms with van der Waals surface area (Å²) in [5.41, 5.74) is 5.66. The normalized spacial score (nSPS) is 24.9. The molecule has 27 heavy (non-hydrogen) atoms. The lowest BCUT2D eigenvalue weighted by Gasteiger charge is -2.49. The number of carbonyl (C=O) groups excluding carboxylic acids is 1. The second kappa shape index (κ2) is 7.81. The first kappa shape index (κ1) is 20.2. The number of nitrogens with one attached hydrogen (secondary N) is 1. The van der Waals surface area contributed by atoms with Crippen LogP contribution in [-0.2, 0) is 18.9 Å². The van der Waals surface area contributed by atoms with Gasteiger partial charge in [0, 0.05) is 17.9 Å². The highest BCUT2D eigenvalue weighted by Crippen LogP contribution is 2.50. The van der Waals surface area contributed by atoms with Gasteiger partial charge in [0.25, 0.3) is 0 Å². The number of tetrazole rings is 1. The molecule has 2 aliphatic rings. The Morgan fingerprint density at radius 3 is 2.93 bits per heavy atom. The molecular weight excluding hydrogens is 419 g/mol. The predicted molar refractivity (Wildman–Crippen MR) is 94.8 cm³/mol. The molecule has 1 saturated heterocycles. The Balaban J connectivity index is 2.14. The zero-order valence-corrected chi connectivity index (χ0v) is 16.5. The van der Waals surface area contributed by atoms with Crippen LogP contribution in [0, 0.1) is 0 Å². The maximum atomic E-state index is 12.2. The SMILES string of the molecule is CCOC(C[P+](=O)O)(Sc1nn[nH]n1)C1=C(C(=O)O)N2C(=O)[C@@H](N)[C@H]2SC1. The first-order chi connectivity index (χ1) is 12.8. The molecule has 4 atom stereocenters. The fourth-order valence-electron chi connectivity index (χ4n) is 2.91. The molecule has 0 aromatic carbocycles. The predicted octanol–water partition coefficient (Wildman–Crippen LogP) is -0.660. The van der Waals surface area contributed by atoms with E-state index in [2.05, 4.69) is 20.6 Å². The molecule has 5 N–H and O–H groups in total. The van der Waals surface area contributed by atoms with Crippen molar-refractivity contribution in [1.29, 1.82) is 0 Å². The largest absolute Gasteiger partial charge is 0.509 e. The molecule has 146 valence electrons. The quantitative estimate of drug-likeness (QED) is 0.175. The van der Waals surface area contributed by atoms with E-state index in [4.69, 9.17) is 10.5 Å². The molecule has 0 bridgehead atoms. The second-order valence-electron chi connectivity index (χ2n) is 5.56. The van der Waals surface area contributed by atoms with Gasteiger partial charge in [-0.1, -0.05) is 0 Å². The molecule has 12 nitrogen and oxygen atoms in total. The van der Waals surface area contributed by atoms with Crippen LogP contribution in [0.1, 0.15) is 6.92 Å². The van der Waals surface area contributed by atoms with Crippen molar-refractivity contribution in [2.75, 3.05) is 18.5 Å². The highest BCUT2D eigenvalue weighted by Gasteiger charge is 2.57. The average molecular weight is 435 g/mol. The van der Waals surface area contributed by atoms with E-state index in [-0.39, 0.29) is 28.8 Å². The number of thioether (sulfide) groups is 2. The number of nitrogens with two attached hydrogens (primary N) is 1. The summed E-state index contributed by atoms with van der Waals surface area (Å²) < 4.78 is 17.5. The summed E-state index contributed by atoms with van der Waals surface area (Å²) in [6.07, 6.45) is -0.416. The molecule has 1 fully saturated rings. The lowest BCUT2D eigenvalue weighted by molar-refractivity contribution is -0.148. The summed E-state index contributed by atoms with van der Waals surface area (Å²) in [4.78, 5) is 33.3. The van der Waals surface area contributed by atoms with Crippen LogP contribution in [0.15, 0.2) is 16.4 Å². The summed E-state index contributed by atoms with van der Waals surface area (Å²) >= 11 is 2.14. The zero-order chi connectivity index (χ0) is 19.8. The van der Waals surface area contributed by atoms with E-state index < -0.39 is 42.4 Å². The van der Waals surface area contributed by atoms with E-state index in [0.717, 1.165) is 16.7 Å². The van der Waals surface area contributed by atoms with Gasteiger partial charge in [-0.3, -0.25) is 9.69 Å². The molecule has 2 unspecified atom stereocenters.